The number of thiazole rings is 1. The van der Waals surface area contributed by atoms with Gasteiger partial charge in [-0.1, -0.05) is 41.7 Å². The van der Waals surface area contributed by atoms with E-state index in [4.69, 9.17) is 0 Å². The standard InChI is InChI=1S/C21H15N3O3S/c1-14-6-2-4-8-18(14)23(21-22-17-7-3-5-9-19(17)28-21)20(25)15-10-12-16(13-11-15)24(26)27/h2-13H,1H3. The normalized spacial score (nSPS) is 10.8. The molecule has 0 radical (unpaired) electrons. The Morgan fingerprint density at radius 1 is 1.00 bits per heavy atom. The number of nitro groups is 1. The van der Waals surface area contributed by atoms with Crippen LogP contribution < -0.4 is 4.90 Å². The zero-order valence-corrected chi connectivity index (χ0v) is 15.7. The van der Waals surface area contributed by atoms with E-state index >= 15 is 0 Å². The molecule has 28 heavy (non-hydrogen) atoms. The summed E-state index contributed by atoms with van der Waals surface area (Å²) in [6.07, 6.45) is 0. The lowest BCUT2D eigenvalue weighted by Gasteiger charge is -2.22. The lowest BCUT2D eigenvalue weighted by molar-refractivity contribution is -0.384. The molecule has 138 valence electrons. The predicted octanol–water partition coefficient (Wildman–Crippen LogP) is 5.49. The number of hydrogen-bond acceptors (Lipinski definition) is 5. The minimum Gasteiger partial charge on any atom is -0.268 e. The molecule has 3 aromatic carbocycles. The molecular formula is C21H15N3O3S. The number of nitro benzene ring substituents is 1. The van der Waals surface area contributed by atoms with E-state index in [-0.39, 0.29) is 11.6 Å². The predicted molar refractivity (Wildman–Crippen MR) is 110 cm³/mol. The van der Waals surface area contributed by atoms with Gasteiger partial charge >= 0.3 is 0 Å². The molecule has 0 bridgehead atoms. The summed E-state index contributed by atoms with van der Waals surface area (Å²) in [7, 11) is 0. The molecule has 0 aliphatic carbocycles. The largest absolute Gasteiger partial charge is 0.269 e. The van der Waals surface area contributed by atoms with Crippen LogP contribution in [0.1, 0.15) is 15.9 Å². The maximum absolute atomic E-state index is 13.4. The Morgan fingerprint density at radius 2 is 1.68 bits per heavy atom. The summed E-state index contributed by atoms with van der Waals surface area (Å²) in [6, 6.07) is 20.9. The Kier molecular flexibility index (Phi) is 4.58. The summed E-state index contributed by atoms with van der Waals surface area (Å²) in [5, 5.41) is 11.5. The van der Waals surface area contributed by atoms with Gasteiger partial charge in [0.2, 0.25) is 0 Å². The van der Waals surface area contributed by atoms with Crippen LogP contribution in [0, 0.1) is 17.0 Å². The summed E-state index contributed by atoms with van der Waals surface area (Å²) in [5.41, 5.74) is 2.77. The van der Waals surface area contributed by atoms with Gasteiger partial charge in [-0.15, -0.1) is 0 Å². The summed E-state index contributed by atoms with van der Waals surface area (Å²) in [5.74, 6) is -0.289. The molecule has 0 unspecified atom stereocenters. The van der Waals surface area contributed by atoms with E-state index in [2.05, 4.69) is 4.98 Å². The first-order valence-corrected chi connectivity index (χ1v) is 9.36. The van der Waals surface area contributed by atoms with Crippen LogP contribution >= 0.6 is 11.3 Å². The molecule has 0 spiro atoms. The van der Waals surface area contributed by atoms with Gasteiger partial charge in [-0.3, -0.25) is 19.8 Å². The van der Waals surface area contributed by atoms with Crippen molar-refractivity contribution in [1.82, 2.24) is 4.98 Å². The Labute approximate surface area is 164 Å². The number of anilines is 2. The van der Waals surface area contributed by atoms with Crippen molar-refractivity contribution in [3.05, 3.63) is 94.0 Å². The summed E-state index contributed by atoms with van der Waals surface area (Å²) in [6.45, 7) is 1.93. The third-order valence-electron chi connectivity index (χ3n) is 4.36. The van der Waals surface area contributed by atoms with Crippen LogP contribution in [-0.2, 0) is 0 Å². The third-order valence-corrected chi connectivity index (χ3v) is 5.38. The first-order chi connectivity index (χ1) is 13.5. The van der Waals surface area contributed by atoms with E-state index in [0.717, 1.165) is 21.5 Å². The number of amides is 1. The maximum Gasteiger partial charge on any atom is 0.269 e. The fourth-order valence-electron chi connectivity index (χ4n) is 2.92. The van der Waals surface area contributed by atoms with Gasteiger partial charge in [0.05, 0.1) is 20.8 Å². The second kappa shape index (κ2) is 7.21. The Hall–Kier alpha value is -3.58. The van der Waals surface area contributed by atoms with Crippen molar-refractivity contribution in [2.75, 3.05) is 4.90 Å². The molecule has 6 nitrogen and oxygen atoms in total. The fraction of sp³-hybridized carbons (Fsp3) is 0.0476. The highest BCUT2D eigenvalue weighted by Crippen LogP contribution is 2.36. The van der Waals surface area contributed by atoms with E-state index in [9.17, 15) is 14.9 Å². The molecule has 0 saturated heterocycles. The highest BCUT2D eigenvalue weighted by molar-refractivity contribution is 7.22. The molecular weight excluding hydrogens is 374 g/mol. The minimum atomic E-state index is -0.485. The molecule has 7 heteroatoms. The lowest BCUT2D eigenvalue weighted by Crippen LogP contribution is -2.26. The average Bonchev–Trinajstić information content (AvgIpc) is 3.13. The van der Waals surface area contributed by atoms with Gasteiger partial charge in [-0.25, -0.2) is 4.98 Å². The Balaban J connectivity index is 1.84. The molecule has 4 aromatic rings. The number of carbonyl (C=O) groups excluding carboxylic acids is 1. The highest BCUT2D eigenvalue weighted by atomic mass is 32.1. The molecule has 0 fully saturated rings. The van der Waals surface area contributed by atoms with E-state index in [1.165, 1.54) is 35.6 Å². The number of fused-ring (bicyclic) bond motifs is 1. The SMILES string of the molecule is Cc1ccccc1N(C(=O)c1ccc([N+](=O)[O-])cc1)c1nc2ccccc2s1. The van der Waals surface area contributed by atoms with Crippen molar-refractivity contribution in [1.29, 1.82) is 0 Å². The molecule has 0 saturated carbocycles. The number of aromatic nitrogens is 1. The molecule has 1 amide bonds. The summed E-state index contributed by atoms with van der Waals surface area (Å²) >= 11 is 1.43. The quantitative estimate of drug-likeness (QED) is 0.341. The second-order valence-electron chi connectivity index (χ2n) is 6.20. The fourth-order valence-corrected chi connectivity index (χ4v) is 3.90. The van der Waals surface area contributed by atoms with Crippen LogP contribution in [-0.4, -0.2) is 15.8 Å². The van der Waals surface area contributed by atoms with Crippen molar-refractivity contribution >= 4 is 44.0 Å². The van der Waals surface area contributed by atoms with Gasteiger partial charge in [-0.05, 0) is 42.8 Å². The number of nitrogens with zero attached hydrogens (tertiary/aromatic N) is 3. The molecule has 0 aliphatic rings. The highest BCUT2D eigenvalue weighted by Gasteiger charge is 2.24. The topological polar surface area (TPSA) is 76.3 Å². The summed E-state index contributed by atoms with van der Waals surface area (Å²) in [4.78, 5) is 30.0. The van der Waals surface area contributed by atoms with Crippen LogP contribution in [0.25, 0.3) is 10.2 Å². The molecule has 0 atom stereocenters. The van der Waals surface area contributed by atoms with Crippen molar-refractivity contribution < 1.29 is 9.72 Å². The van der Waals surface area contributed by atoms with E-state index in [1.807, 2.05) is 55.5 Å². The molecule has 1 aromatic heterocycles. The zero-order valence-electron chi connectivity index (χ0n) is 14.9. The molecule has 0 aliphatic heterocycles. The molecule has 4 rings (SSSR count). The average molecular weight is 389 g/mol. The van der Waals surface area contributed by atoms with Crippen LogP contribution in [0.2, 0.25) is 0 Å². The zero-order chi connectivity index (χ0) is 19.7. The van der Waals surface area contributed by atoms with Gasteiger partial charge in [-0.2, -0.15) is 0 Å². The van der Waals surface area contributed by atoms with Crippen molar-refractivity contribution in [3.8, 4) is 0 Å². The van der Waals surface area contributed by atoms with Gasteiger partial charge in [0.1, 0.15) is 0 Å². The number of aryl methyl sites for hydroxylation is 1. The number of para-hydroxylation sites is 2. The first-order valence-electron chi connectivity index (χ1n) is 8.55. The van der Waals surface area contributed by atoms with E-state index < -0.39 is 4.92 Å². The van der Waals surface area contributed by atoms with E-state index in [1.54, 1.807) is 4.90 Å². The van der Waals surface area contributed by atoms with Crippen LogP contribution in [0.4, 0.5) is 16.5 Å². The molecule has 1 heterocycles. The lowest BCUT2D eigenvalue weighted by atomic mass is 10.1. The van der Waals surface area contributed by atoms with Gasteiger partial charge in [0.15, 0.2) is 5.13 Å². The monoisotopic (exact) mass is 389 g/mol. The number of rotatable bonds is 4. The second-order valence-corrected chi connectivity index (χ2v) is 7.20. The third kappa shape index (κ3) is 3.23. The summed E-state index contributed by atoms with van der Waals surface area (Å²) < 4.78 is 0.979. The van der Waals surface area contributed by atoms with Gasteiger partial charge < -0.3 is 0 Å². The Morgan fingerprint density at radius 3 is 2.36 bits per heavy atom. The first kappa shape index (κ1) is 17.8. The van der Waals surface area contributed by atoms with E-state index in [0.29, 0.717) is 10.7 Å². The number of carbonyl (C=O) groups is 1. The minimum absolute atomic E-state index is 0.0565. The smallest absolute Gasteiger partial charge is 0.268 e. The van der Waals surface area contributed by atoms with Crippen LogP contribution in [0.5, 0.6) is 0 Å². The van der Waals surface area contributed by atoms with Gasteiger partial charge in [0.25, 0.3) is 11.6 Å². The Bertz CT molecular complexity index is 1150. The number of non-ortho nitro benzene ring substituents is 1. The van der Waals surface area contributed by atoms with Crippen LogP contribution in [0.15, 0.2) is 72.8 Å². The van der Waals surface area contributed by atoms with Gasteiger partial charge in [0, 0.05) is 17.7 Å². The van der Waals surface area contributed by atoms with Crippen molar-refractivity contribution in [2.45, 2.75) is 6.92 Å². The van der Waals surface area contributed by atoms with Crippen molar-refractivity contribution in [3.63, 3.8) is 0 Å². The number of hydrogen-bond donors (Lipinski definition) is 0. The number of benzene rings is 3. The van der Waals surface area contributed by atoms with Crippen molar-refractivity contribution in [2.24, 2.45) is 0 Å². The molecule has 0 N–H and O–H groups in total. The van der Waals surface area contributed by atoms with Crippen LogP contribution in [0.3, 0.4) is 0 Å². The maximum atomic E-state index is 13.4.